The minimum atomic E-state index is -0.0863. The predicted molar refractivity (Wildman–Crippen MR) is 77.5 cm³/mol. The largest absolute Gasteiger partial charge is 0.347 e. The summed E-state index contributed by atoms with van der Waals surface area (Å²) in [5.41, 5.74) is 1.70. The molecule has 0 aliphatic rings. The predicted octanol–water partition coefficient (Wildman–Crippen LogP) is 3.85. The normalized spacial score (nSPS) is 10.6. The van der Waals surface area contributed by atoms with E-state index < -0.39 is 0 Å². The number of allylic oxidation sites excluding steroid dienone is 1. The van der Waals surface area contributed by atoms with Crippen LogP contribution in [0.3, 0.4) is 0 Å². The summed E-state index contributed by atoms with van der Waals surface area (Å²) in [6, 6.07) is 10.6. The number of benzene rings is 1. The minimum Gasteiger partial charge on any atom is -0.347 e. The highest BCUT2D eigenvalue weighted by Gasteiger charge is 2.00. The lowest BCUT2D eigenvalue weighted by Gasteiger charge is -2.00. The van der Waals surface area contributed by atoms with Gasteiger partial charge in [0, 0.05) is 29.1 Å². The van der Waals surface area contributed by atoms with Gasteiger partial charge in [-0.3, -0.25) is 4.79 Å². The Balaban J connectivity index is 1.99. The van der Waals surface area contributed by atoms with Gasteiger partial charge in [-0.1, -0.05) is 11.6 Å². The molecule has 0 spiro atoms. The number of pyridine rings is 1. The molecule has 1 N–H and O–H groups in total. The molecular weight excluding hydrogens is 260 g/mol. The summed E-state index contributed by atoms with van der Waals surface area (Å²) in [5, 5.41) is 3.57. The number of rotatable bonds is 4. The summed E-state index contributed by atoms with van der Waals surface area (Å²) < 4.78 is 0. The van der Waals surface area contributed by atoms with Gasteiger partial charge in [0.15, 0.2) is 5.78 Å². The fourth-order valence-corrected chi connectivity index (χ4v) is 1.65. The van der Waals surface area contributed by atoms with E-state index in [0.717, 1.165) is 5.56 Å². The van der Waals surface area contributed by atoms with Gasteiger partial charge >= 0.3 is 0 Å². The fraction of sp³-hybridized carbons (Fsp3) is 0.0667. The summed E-state index contributed by atoms with van der Waals surface area (Å²) in [7, 11) is 0. The minimum absolute atomic E-state index is 0.0863. The highest BCUT2D eigenvalue weighted by Crippen LogP contribution is 2.10. The van der Waals surface area contributed by atoms with Crippen molar-refractivity contribution in [2.45, 2.75) is 6.92 Å². The number of aromatic nitrogens is 1. The lowest BCUT2D eigenvalue weighted by molar-refractivity contribution is 0.104. The Hall–Kier alpha value is -2.13. The summed E-state index contributed by atoms with van der Waals surface area (Å²) >= 11 is 5.77. The number of ketones is 1. The van der Waals surface area contributed by atoms with E-state index in [0.29, 0.717) is 16.4 Å². The molecule has 2 aromatic rings. The molecule has 0 unspecified atom stereocenters. The highest BCUT2D eigenvalue weighted by atomic mass is 35.5. The zero-order chi connectivity index (χ0) is 13.7. The van der Waals surface area contributed by atoms with Gasteiger partial charge in [0.25, 0.3) is 0 Å². The van der Waals surface area contributed by atoms with Crippen LogP contribution in [0.4, 0.5) is 5.82 Å². The molecule has 0 saturated carbocycles. The topological polar surface area (TPSA) is 42.0 Å². The lowest BCUT2D eigenvalue weighted by Crippen LogP contribution is -1.97. The molecule has 96 valence electrons. The number of carbonyl (C=O) groups excluding carboxylic acids is 1. The molecule has 0 radical (unpaired) electrons. The van der Waals surface area contributed by atoms with Crippen LogP contribution in [-0.2, 0) is 0 Å². The summed E-state index contributed by atoms with van der Waals surface area (Å²) in [4.78, 5) is 16.0. The first-order valence-electron chi connectivity index (χ1n) is 5.81. The average molecular weight is 273 g/mol. The Bertz CT molecular complexity index is 606. The molecule has 0 saturated heterocycles. The zero-order valence-electron chi connectivity index (χ0n) is 10.4. The van der Waals surface area contributed by atoms with Crippen LogP contribution in [0.1, 0.15) is 15.9 Å². The standard InChI is InChI=1S/C15H13ClN2O/c1-11-6-8-17-15(10-11)18-9-7-14(19)12-2-4-13(16)5-3-12/h2-10H,1H3,(H,17,18)/b9-7+. The summed E-state index contributed by atoms with van der Waals surface area (Å²) in [6.07, 6.45) is 4.76. The number of carbonyl (C=O) groups is 1. The van der Waals surface area contributed by atoms with Crippen molar-refractivity contribution in [3.63, 3.8) is 0 Å². The number of hydrogen-bond acceptors (Lipinski definition) is 3. The van der Waals surface area contributed by atoms with E-state index in [-0.39, 0.29) is 5.78 Å². The first-order chi connectivity index (χ1) is 9.15. The van der Waals surface area contributed by atoms with E-state index in [1.807, 2.05) is 19.1 Å². The maximum absolute atomic E-state index is 11.8. The second-order valence-corrected chi connectivity index (χ2v) is 4.50. The third kappa shape index (κ3) is 3.93. The SMILES string of the molecule is Cc1ccnc(N/C=C/C(=O)c2ccc(Cl)cc2)c1. The van der Waals surface area contributed by atoms with Crippen molar-refractivity contribution in [3.05, 3.63) is 71.0 Å². The van der Waals surface area contributed by atoms with Gasteiger partial charge in [0.2, 0.25) is 0 Å². The van der Waals surface area contributed by atoms with Gasteiger partial charge in [-0.2, -0.15) is 0 Å². The first-order valence-corrected chi connectivity index (χ1v) is 6.18. The Labute approximate surface area is 116 Å². The van der Waals surface area contributed by atoms with E-state index in [1.54, 1.807) is 36.7 Å². The third-order valence-electron chi connectivity index (χ3n) is 2.51. The van der Waals surface area contributed by atoms with Crippen molar-refractivity contribution in [2.75, 3.05) is 5.32 Å². The van der Waals surface area contributed by atoms with Gasteiger partial charge < -0.3 is 5.32 Å². The van der Waals surface area contributed by atoms with E-state index in [9.17, 15) is 4.79 Å². The monoisotopic (exact) mass is 272 g/mol. The van der Waals surface area contributed by atoms with E-state index >= 15 is 0 Å². The van der Waals surface area contributed by atoms with Gasteiger partial charge in [-0.25, -0.2) is 4.98 Å². The quantitative estimate of drug-likeness (QED) is 0.679. The van der Waals surface area contributed by atoms with Gasteiger partial charge in [0.1, 0.15) is 5.82 Å². The molecule has 2 rings (SSSR count). The van der Waals surface area contributed by atoms with Gasteiger partial charge in [-0.05, 0) is 48.9 Å². The Morgan fingerprint density at radius 3 is 2.68 bits per heavy atom. The molecule has 0 atom stereocenters. The van der Waals surface area contributed by atoms with Crippen molar-refractivity contribution < 1.29 is 4.79 Å². The number of anilines is 1. The maximum Gasteiger partial charge on any atom is 0.187 e. The number of halogens is 1. The Morgan fingerprint density at radius 2 is 2.00 bits per heavy atom. The van der Waals surface area contributed by atoms with Crippen molar-refractivity contribution in [3.8, 4) is 0 Å². The molecule has 0 aliphatic carbocycles. The van der Waals surface area contributed by atoms with Crippen molar-refractivity contribution in [1.82, 2.24) is 4.98 Å². The molecule has 1 aromatic heterocycles. The van der Waals surface area contributed by atoms with Crippen molar-refractivity contribution in [1.29, 1.82) is 0 Å². The molecule has 0 fully saturated rings. The van der Waals surface area contributed by atoms with Crippen molar-refractivity contribution >= 4 is 23.2 Å². The molecule has 0 aliphatic heterocycles. The number of aryl methyl sites for hydroxylation is 1. The first kappa shape index (κ1) is 13.3. The Kier molecular flexibility index (Phi) is 4.31. The van der Waals surface area contributed by atoms with Crippen LogP contribution in [0.2, 0.25) is 5.02 Å². The molecule has 1 aromatic carbocycles. The zero-order valence-corrected chi connectivity index (χ0v) is 11.2. The highest BCUT2D eigenvalue weighted by molar-refractivity contribution is 6.30. The molecule has 19 heavy (non-hydrogen) atoms. The van der Waals surface area contributed by atoms with Crippen LogP contribution in [0.15, 0.2) is 54.9 Å². The van der Waals surface area contributed by atoms with E-state index in [4.69, 9.17) is 11.6 Å². The Morgan fingerprint density at radius 1 is 1.26 bits per heavy atom. The van der Waals surface area contributed by atoms with Crippen LogP contribution in [0.25, 0.3) is 0 Å². The van der Waals surface area contributed by atoms with E-state index in [2.05, 4.69) is 10.3 Å². The van der Waals surface area contributed by atoms with E-state index in [1.165, 1.54) is 6.08 Å². The third-order valence-corrected chi connectivity index (χ3v) is 2.76. The van der Waals surface area contributed by atoms with Gasteiger partial charge in [-0.15, -0.1) is 0 Å². The number of hydrogen-bond donors (Lipinski definition) is 1. The van der Waals surface area contributed by atoms with Crippen LogP contribution < -0.4 is 5.32 Å². The van der Waals surface area contributed by atoms with Crippen LogP contribution >= 0.6 is 11.6 Å². The molecule has 3 nitrogen and oxygen atoms in total. The molecule has 0 bridgehead atoms. The van der Waals surface area contributed by atoms with Crippen LogP contribution in [0, 0.1) is 6.92 Å². The van der Waals surface area contributed by atoms with Gasteiger partial charge in [0.05, 0.1) is 0 Å². The molecule has 4 heteroatoms. The maximum atomic E-state index is 11.8. The molecule has 0 amide bonds. The second kappa shape index (κ2) is 6.16. The van der Waals surface area contributed by atoms with Crippen LogP contribution in [-0.4, -0.2) is 10.8 Å². The summed E-state index contributed by atoms with van der Waals surface area (Å²) in [6.45, 7) is 1.98. The van der Waals surface area contributed by atoms with Crippen LogP contribution in [0.5, 0.6) is 0 Å². The molecule has 1 heterocycles. The lowest BCUT2D eigenvalue weighted by atomic mass is 10.1. The fourth-order valence-electron chi connectivity index (χ4n) is 1.53. The number of nitrogens with zero attached hydrogens (tertiary/aromatic N) is 1. The van der Waals surface area contributed by atoms with Crippen molar-refractivity contribution in [2.24, 2.45) is 0 Å². The molecular formula is C15H13ClN2O. The summed E-state index contributed by atoms with van der Waals surface area (Å²) in [5.74, 6) is 0.622. The second-order valence-electron chi connectivity index (χ2n) is 4.07. The number of nitrogens with one attached hydrogen (secondary N) is 1. The average Bonchev–Trinajstić information content (AvgIpc) is 2.39. The smallest absolute Gasteiger partial charge is 0.187 e.